The Morgan fingerprint density at radius 3 is 2.33 bits per heavy atom. The smallest absolute Gasteiger partial charge is 0.257 e. The SMILES string of the molecule is COc1ccc(CCC(=O)N2CCCCCCN(C)C(=O)c3ccccc3OC[C@@H]2CC(C)C)c(OC)c1OC. The molecule has 0 unspecified atom stereocenters. The highest BCUT2D eigenvalue weighted by atomic mass is 16.5. The summed E-state index contributed by atoms with van der Waals surface area (Å²) in [6.45, 7) is 6.03. The zero-order valence-corrected chi connectivity index (χ0v) is 25.0. The molecular formula is C32H46N2O6. The number of para-hydroxylation sites is 1. The van der Waals surface area contributed by atoms with Gasteiger partial charge in [-0.3, -0.25) is 9.59 Å². The summed E-state index contributed by atoms with van der Waals surface area (Å²) in [6, 6.07) is 11.1. The molecule has 0 saturated carbocycles. The number of nitrogens with zero attached hydrogens (tertiary/aromatic N) is 2. The van der Waals surface area contributed by atoms with Gasteiger partial charge in [0.25, 0.3) is 5.91 Å². The number of ether oxygens (including phenoxy) is 4. The molecule has 2 amide bonds. The molecule has 0 fully saturated rings. The number of carbonyl (C=O) groups excluding carboxylic acids is 2. The largest absolute Gasteiger partial charge is 0.493 e. The molecule has 220 valence electrons. The minimum atomic E-state index is -0.108. The number of benzene rings is 2. The lowest BCUT2D eigenvalue weighted by molar-refractivity contribution is -0.134. The van der Waals surface area contributed by atoms with Gasteiger partial charge < -0.3 is 28.7 Å². The summed E-state index contributed by atoms with van der Waals surface area (Å²) < 4.78 is 22.9. The van der Waals surface area contributed by atoms with Crippen molar-refractivity contribution in [2.45, 2.75) is 64.8 Å². The molecule has 1 atom stereocenters. The fraction of sp³-hybridized carbons (Fsp3) is 0.562. The van der Waals surface area contributed by atoms with E-state index in [4.69, 9.17) is 18.9 Å². The molecule has 0 aliphatic carbocycles. The first kappa shape index (κ1) is 31.1. The lowest BCUT2D eigenvalue weighted by Gasteiger charge is -2.34. The van der Waals surface area contributed by atoms with Gasteiger partial charge in [0.2, 0.25) is 11.7 Å². The molecule has 0 radical (unpaired) electrons. The molecule has 1 heterocycles. The predicted octanol–water partition coefficient (Wildman–Crippen LogP) is 5.61. The fourth-order valence-electron chi connectivity index (χ4n) is 5.33. The minimum Gasteiger partial charge on any atom is -0.493 e. The molecule has 1 aliphatic rings. The summed E-state index contributed by atoms with van der Waals surface area (Å²) >= 11 is 0. The zero-order chi connectivity index (χ0) is 29.1. The van der Waals surface area contributed by atoms with Gasteiger partial charge in [-0.05, 0) is 55.4 Å². The third kappa shape index (κ3) is 8.05. The average molecular weight is 555 g/mol. The highest BCUT2D eigenvalue weighted by Crippen LogP contribution is 2.40. The highest BCUT2D eigenvalue weighted by Gasteiger charge is 2.27. The van der Waals surface area contributed by atoms with E-state index < -0.39 is 0 Å². The first-order valence-electron chi connectivity index (χ1n) is 14.3. The zero-order valence-electron chi connectivity index (χ0n) is 25.0. The van der Waals surface area contributed by atoms with Crippen LogP contribution in [0.25, 0.3) is 0 Å². The van der Waals surface area contributed by atoms with Crippen molar-refractivity contribution in [2.75, 3.05) is 48.1 Å². The third-order valence-corrected chi connectivity index (χ3v) is 7.44. The van der Waals surface area contributed by atoms with E-state index in [0.29, 0.717) is 67.0 Å². The molecule has 1 aliphatic heterocycles. The summed E-state index contributed by atoms with van der Waals surface area (Å²) in [4.78, 5) is 30.8. The Labute approximate surface area is 239 Å². The van der Waals surface area contributed by atoms with Crippen LogP contribution in [0.1, 0.15) is 68.3 Å². The number of hydrogen-bond acceptors (Lipinski definition) is 6. The van der Waals surface area contributed by atoms with Gasteiger partial charge >= 0.3 is 0 Å². The number of rotatable bonds is 8. The maximum atomic E-state index is 13.8. The van der Waals surface area contributed by atoms with Crippen molar-refractivity contribution >= 4 is 11.8 Å². The van der Waals surface area contributed by atoms with Gasteiger partial charge in [0.05, 0.1) is 32.9 Å². The van der Waals surface area contributed by atoms with Gasteiger partial charge in [-0.1, -0.05) is 44.9 Å². The van der Waals surface area contributed by atoms with Crippen molar-refractivity contribution in [3.8, 4) is 23.0 Å². The molecule has 3 rings (SSSR count). The van der Waals surface area contributed by atoms with Crippen molar-refractivity contribution in [2.24, 2.45) is 5.92 Å². The Morgan fingerprint density at radius 2 is 1.65 bits per heavy atom. The lowest BCUT2D eigenvalue weighted by atomic mass is 10.0. The highest BCUT2D eigenvalue weighted by molar-refractivity contribution is 5.96. The molecule has 0 bridgehead atoms. The van der Waals surface area contributed by atoms with Gasteiger partial charge in [0.15, 0.2) is 11.5 Å². The number of fused-ring (bicyclic) bond motifs is 1. The van der Waals surface area contributed by atoms with Gasteiger partial charge in [0, 0.05) is 26.6 Å². The Kier molecular flexibility index (Phi) is 12.0. The molecule has 0 spiro atoms. The van der Waals surface area contributed by atoms with Gasteiger partial charge in [0.1, 0.15) is 12.4 Å². The standard InChI is InChI=1S/C32H46N2O6/c1-23(2)21-25-22-40-27-14-10-9-13-26(27)32(36)33(3)19-11-7-8-12-20-34(25)29(35)18-16-24-15-17-28(37-4)31(39-6)30(24)38-5/h9-10,13-15,17,23,25H,7-8,11-12,16,18-22H2,1-6H3/t25-/m0/s1. The van der Waals surface area contributed by atoms with Crippen LogP contribution < -0.4 is 18.9 Å². The van der Waals surface area contributed by atoms with Crippen LogP contribution >= 0.6 is 0 Å². The maximum absolute atomic E-state index is 13.8. The number of carbonyl (C=O) groups is 2. The van der Waals surface area contributed by atoms with E-state index in [-0.39, 0.29) is 17.9 Å². The Bertz CT molecular complexity index is 1120. The molecule has 40 heavy (non-hydrogen) atoms. The monoisotopic (exact) mass is 554 g/mol. The van der Waals surface area contributed by atoms with Crippen LogP contribution in [0.5, 0.6) is 23.0 Å². The molecular weight excluding hydrogens is 508 g/mol. The summed E-state index contributed by atoms with van der Waals surface area (Å²) in [6.07, 6.45) is 5.50. The number of hydrogen-bond donors (Lipinski definition) is 0. The van der Waals surface area contributed by atoms with Crippen LogP contribution in [0.2, 0.25) is 0 Å². The van der Waals surface area contributed by atoms with Crippen molar-refractivity contribution in [3.63, 3.8) is 0 Å². The van der Waals surface area contributed by atoms with Gasteiger partial charge in [-0.25, -0.2) is 0 Å². The van der Waals surface area contributed by atoms with Crippen molar-refractivity contribution in [1.82, 2.24) is 9.80 Å². The van der Waals surface area contributed by atoms with E-state index in [9.17, 15) is 9.59 Å². The molecule has 0 N–H and O–H groups in total. The lowest BCUT2D eigenvalue weighted by Crippen LogP contribution is -2.45. The molecule has 0 aromatic heterocycles. The quantitative estimate of drug-likeness (QED) is 0.422. The topological polar surface area (TPSA) is 77.5 Å². The van der Waals surface area contributed by atoms with Crippen LogP contribution in [-0.4, -0.2) is 75.7 Å². The van der Waals surface area contributed by atoms with E-state index in [1.54, 1.807) is 26.2 Å². The van der Waals surface area contributed by atoms with E-state index in [1.807, 2.05) is 48.3 Å². The van der Waals surface area contributed by atoms with E-state index in [2.05, 4.69) is 13.8 Å². The molecule has 2 aromatic carbocycles. The van der Waals surface area contributed by atoms with Crippen LogP contribution in [0, 0.1) is 5.92 Å². The molecule has 2 aromatic rings. The van der Waals surface area contributed by atoms with Crippen molar-refractivity contribution < 1.29 is 28.5 Å². The van der Waals surface area contributed by atoms with Crippen LogP contribution in [0.4, 0.5) is 0 Å². The van der Waals surface area contributed by atoms with Crippen LogP contribution in [-0.2, 0) is 11.2 Å². The summed E-state index contributed by atoms with van der Waals surface area (Å²) in [7, 11) is 6.61. The van der Waals surface area contributed by atoms with Gasteiger partial charge in [-0.15, -0.1) is 0 Å². The number of aryl methyl sites for hydroxylation is 1. The Balaban J connectivity index is 1.85. The van der Waals surface area contributed by atoms with Crippen molar-refractivity contribution in [3.05, 3.63) is 47.5 Å². The minimum absolute atomic E-state index is 0.0372. The second-order valence-electron chi connectivity index (χ2n) is 10.8. The number of amides is 2. The van der Waals surface area contributed by atoms with Crippen LogP contribution in [0.15, 0.2) is 36.4 Å². The van der Waals surface area contributed by atoms with Crippen LogP contribution in [0.3, 0.4) is 0 Å². The first-order chi connectivity index (χ1) is 19.3. The van der Waals surface area contributed by atoms with E-state index in [0.717, 1.165) is 37.7 Å². The Hall–Kier alpha value is -3.42. The predicted molar refractivity (Wildman–Crippen MR) is 157 cm³/mol. The van der Waals surface area contributed by atoms with Gasteiger partial charge in [-0.2, -0.15) is 0 Å². The summed E-state index contributed by atoms with van der Waals surface area (Å²) in [5.74, 6) is 2.68. The molecule has 0 saturated heterocycles. The average Bonchev–Trinajstić information content (AvgIpc) is 2.96. The second kappa shape index (κ2) is 15.4. The summed E-state index contributed by atoms with van der Waals surface area (Å²) in [5, 5.41) is 0. The summed E-state index contributed by atoms with van der Waals surface area (Å²) in [5.41, 5.74) is 1.45. The molecule has 8 heteroatoms. The van der Waals surface area contributed by atoms with E-state index >= 15 is 0 Å². The maximum Gasteiger partial charge on any atom is 0.257 e. The van der Waals surface area contributed by atoms with E-state index in [1.165, 1.54) is 0 Å². The normalized spacial score (nSPS) is 17.1. The fourth-order valence-corrected chi connectivity index (χ4v) is 5.33. The van der Waals surface area contributed by atoms with Crippen molar-refractivity contribution in [1.29, 1.82) is 0 Å². The molecule has 8 nitrogen and oxygen atoms in total. The first-order valence-corrected chi connectivity index (χ1v) is 14.3. The number of methoxy groups -OCH3 is 3. The third-order valence-electron chi connectivity index (χ3n) is 7.44. The Morgan fingerprint density at radius 1 is 0.950 bits per heavy atom. The second-order valence-corrected chi connectivity index (χ2v) is 10.8.